The van der Waals surface area contributed by atoms with Crippen molar-refractivity contribution in [3.63, 3.8) is 0 Å². The molecule has 110 valence electrons. The fourth-order valence-electron chi connectivity index (χ4n) is 3.10. The first-order chi connectivity index (χ1) is 9.26. The predicted molar refractivity (Wildman–Crippen MR) is 76.5 cm³/mol. The summed E-state index contributed by atoms with van der Waals surface area (Å²) in [7, 11) is 0. The molecule has 19 heavy (non-hydrogen) atoms. The lowest BCUT2D eigenvalue weighted by Crippen LogP contribution is -2.41. The Morgan fingerprint density at radius 2 is 2.16 bits per heavy atom. The number of nitrogens with zero attached hydrogens (tertiary/aromatic N) is 2. The summed E-state index contributed by atoms with van der Waals surface area (Å²) < 4.78 is 5.64. The topological polar surface area (TPSA) is 32.8 Å². The van der Waals surface area contributed by atoms with E-state index in [0.29, 0.717) is 11.8 Å². The maximum Gasteiger partial charge on any atom is 0.228 e. The summed E-state index contributed by atoms with van der Waals surface area (Å²) in [5.74, 6) is 1.06. The molecule has 5 heteroatoms. The van der Waals surface area contributed by atoms with E-state index in [1.165, 1.54) is 0 Å². The molecule has 0 N–H and O–H groups in total. The van der Waals surface area contributed by atoms with Crippen LogP contribution >= 0.6 is 11.6 Å². The van der Waals surface area contributed by atoms with Crippen molar-refractivity contribution in [2.24, 2.45) is 5.92 Å². The number of hydrogen-bond donors (Lipinski definition) is 0. The van der Waals surface area contributed by atoms with Crippen LogP contribution in [0.4, 0.5) is 0 Å². The van der Waals surface area contributed by atoms with Gasteiger partial charge in [0.25, 0.3) is 0 Å². The van der Waals surface area contributed by atoms with Crippen LogP contribution in [-0.2, 0) is 9.53 Å². The van der Waals surface area contributed by atoms with E-state index in [1.54, 1.807) is 0 Å². The highest BCUT2D eigenvalue weighted by atomic mass is 35.5. The third kappa shape index (κ3) is 3.83. The van der Waals surface area contributed by atoms with Gasteiger partial charge in [-0.2, -0.15) is 0 Å². The SMILES string of the molecule is CCC1OCCC1C(=O)N1CCCN(CCCl)CC1. The number of hydrogen-bond acceptors (Lipinski definition) is 3. The van der Waals surface area contributed by atoms with Gasteiger partial charge < -0.3 is 14.5 Å². The monoisotopic (exact) mass is 288 g/mol. The number of ether oxygens (including phenoxy) is 1. The highest BCUT2D eigenvalue weighted by Crippen LogP contribution is 2.25. The number of carbonyl (C=O) groups is 1. The summed E-state index contributed by atoms with van der Waals surface area (Å²) in [5, 5.41) is 0. The van der Waals surface area contributed by atoms with Crippen LogP contribution in [0.15, 0.2) is 0 Å². The lowest BCUT2D eigenvalue weighted by Gasteiger charge is -2.26. The van der Waals surface area contributed by atoms with Crippen molar-refractivity contribution in [3.8, 4) is 0 Å². The molecule has 0 aromatic rings. The lowest BCUT2D eigenvalue weighted by atomic mass is 9.98. The quantitative estimate of drug-likeness (QED) is 0.736. The van der Waals surface area contributed by atoms with E-state index in [4.69, 9.17) is 16.3 Å². The molecule has 1 amide bonds. The molecule has 2 atom stereocenters. The molecule has 2 heterocycles. The molecule has 0 bridgehead atoms. The van der Waals surface area contributed by atoms with Crippen molar-refractivity contribution in [3.05, 3.63) is 0 Å². The van der Waals surface area contributed by atoms with Gasteiger partial charge in [0.2, 0.25) is 5.91 Å². The smallest absolute Gasteiger partial charge is 0.228 e. The number of alkyl halides is 1. The summed E-state index contributed by atoms with van der Waals surface area (Å²) in [6, 6.07) is 0. The molecule has 0 aromatic heterocycles. The zero-order valence-electron chi connectivity index (χ0n) is 11.8. The lowest BCUT2D eigenvalue weighted by molar-refractivity contribution is -0.137. The Hall–Kier alpha value is -0.320. The molecule has 0 spiro atoms. The van der Waals surface area contributed by atoms with Gasteiger partial charge in [-0.15, -0.1) is 11.6 Å². The fraction of sp³-hybridized carbons (Fsp3) is 0.929. The van der Waals surface area contributed by atoms with Crippen molar-refractivity contribution in [2.75, 3.05) is 45.2 Å². The second-order valence-electron chi connectivity index (χ2n) is 5.42. The first-order valence-corrected chi connectivity index (χ1v) is 7.98. The number of rotatable bonds is 4. The minimum atomic E-state index is 0.0876. The number of carbonyl (C=O) groups excluding carboxylic acids is 1. The first-order valence-electron chi connectivity index (χ1n) is 7.45. The first kappa shape index (κ1) is 15.1. The van der Waals surface area contributed by atoms with E-state index in [-0.39, 0.29) is 12.0 Å². The molecule has 2 fully saturated rings. The van der Waals surface area contributed by atoms with Gasteiger partial charge in [0.1, 0.15) is 0 Å². The summed E-state index contributed by atoms with van der Waals surface area (Å²) >= 11 is 5.79. The van der Waals surface area contributed by atoms with Crippen LogP contribution in [0, 0.1) is 5.92 Å². The molecule has 0 radical (unpaired) electrons. The fourth-order valence-corrected chi connectivity index (χ4v) is 3.34. The second kappa shape index (κ2) is 7.46. The molecule has 0 saturated carbocycles. The minimum Gasteiger partial charge on any atom is -0.377 e. The van der Waals surface area contributed by atoms with E-state index in [1.807, 2.05) is 4.90 Å². The molecular weight excluding hydrogens is 264 g/mol. The second-order valence-corrected chi connectivity index (χ2v) is 5.80. The van der Waals surface area contributed by atoms with Crippen molar-refractivity contribution in [1.82, 2.24) is 9.80 Å². The van der Waals surface area contributed by atoms with Gasteiger partial charge in [-0.3, -0.25) is 4.79 Å². The Kier molecular flexibility index (Phi) is 5.92. The summed E-state index contributed by atoms with van der Waals surface area (Å²) in [6.07, 6.45) is 3.00. The Bertz CT molecular complexity index is 301. The van der Waals surface area contributed by atoms with E-state index in [9.17, 15) is 4.79 Å². The zero-order valence-corrected chi connectivity index (χ0v) is 12.6. The van der Waals surface area contributed by atoms with Gasteiger partial charge in [-0.25, -0.2) is 0 Å². The van der Waals surface area contributed by atoms with E-state index < -0.39 is 0 Å². The minimum absolute atomic E-state index is 0.0876. The summed E-state index contributed by atoms with van der Waals surface area (Å²) in [4.78, 5) is 17.0. The third-order valence-corrected chi connectivity index (χ3v) is 4.40. The molecule has 4 nitrogen and oxygen atoms in total. The van der Waals surface area contributed by atoms with Crippen molar-refractivity contribution in [2.45, 2.75) is 32.3 Å². The zero-order chi connectivity index (χ0) is 13.7. The molecule has 2 unspecified atom stereocenters. The molecule has 2 aliphatic heterocycles. The van der Waals surface area contributed by atoms with E-state index in [2.05, 4.69) is 11.8 Å². The molecule has 2 aliphatic rings. The maximum atomic E-state index is 12.6. The van der Waals surface area contributed by atoms with Crippen LogP contribution < -0.4 is 0 Å². The van der Waals surface area contributed by atoms with E-state index in [0.717, 1.165) is 58.6 Å². The van der Waals surface area contributed by atoms with Gasteiger partial charge in [-0.1, -0.05) is 6.92 Å². The average molecular weight is 289 g/mol. The molecule has 0 aliphatic carbocycles. The molecule has 2 saturated heterocycles. The van der Waals surface area contributed by atoms with Crippen LogP contribution in [0.25, 0.3) is 0 Å². The Morgan fingerprint density at radius 1 is 1.32 bits per heavy atom. The van der Waals surface area contributed by atoms with Crippen LogP contribution in [0.5, 0.6) is 0 Å². The number of amides is 1. The highest BCUT2D eigenvalue weighted by Gasteiger charge is 2.35. The average Bonchev–Trinajstić information content (AvgIpc) is 2.78. The van der Waals surface area contributed by atoms with Crippen LogP contribution in [0.1, 0.15) is 26.2 Å². The summed E-state index contributed by atoms with van der Waals surface area (Å²) in [6.45, 7) is 7.47. The Balaban J connectivity index is 1.88. The predicted octanol–water partition coefficient (Wildman–Crippen LogP) is 1.57. The van der Waals surface area contributed by atoms with Crippen LogP contribution in [-0.4, -0.2) is 67.0 Å². The van der Waals surface area contributed by atoms with Gasteiger partial charge in [-0.05, 0) is 25.8 Å². The van der Waals surface area contributed by atoms with Gasteiger partial charge >= 0.3 is 0 Å². The standard InChI is InChI=1S/C14H25ClN2O2/c1-2-13-12(4-11-19-13)14(18)17-7-3-6-16(8-5-15)9-10-17/h12-13H,2-11H2,1H3. The summed E-state index contributed by atoms with van der Waals surface area (Å²) in [5.41, 5.74) is 0. The van der Waals surface area contributed by atoms with E-state index >= 15 is 0 Å². The Labute approximate surface area is 121 Å². The van der Waals surface area contributed by atoms with Crippen molar-refractivity contribution in [1.29, 1.82) is 0 Å². The largest absolute Gasteiger partial charge is 0.377 e. The van der Waals surface area contributed by atoms with Gasteiger partial charge in [0.15, 0.2) is 0 Å². The van der Waals surface area contributed by atoms with Gasteiger partial charge in [0.05, 0.1) is 12.0 Å². The maximum absolute atomic E-state index is 12.6. The van der Waals surface area contributed by atoms with Crippen LogP contribution in [0.3, 0.4) is 0 Å². The van der Waals surface area contributed by atoms with Crippen molar-refractivity contribution < 1.29 is 9.53 Å². The highest BCUT2D eigenvalue weighted by molar-refractivity contribution is 6.18. The number of halogens is 1. The van der Waals surface area contributed by atoms with Gasteiger partial charge in [0, 0.05) is 38.7 Å². The Morgan fingerprint density at radius 3 is 2.89 bits per heavy atom. The molecule has 2 rings (SSSR count). The molecule has 0 aromatic carbocycles. The van der Waals surface area contributed by atoms with Crippen molar-refractivity contribution >= 4 is 17.5 Å². The van der Waals surface area contributed by atoms with Crippen LogP contribution in [0.2, 0.25) is 0 Å². The third-order valence-electron chi connectivity index (χ3n) is 4.23. The molecular formula is C14H25ClN2O2. The normalized spacial score (nSPS) is 29.5.